The van der Waals surface area contributed by atoms with E-state index in [1.165, 1.54) is 0 Å². The first-order valence-corrected chi connectivity index (χ1v) is 10.6. The molecule has 3 aromatic carbocycles. The van der Waals surface area contributed by atoms with Gasteiger partial charge in [0.25, 0.3) is 0 Å². The van der Waals surface area contributed by atoms with Crippen LogP contribution in [-0.2, 0) is 7.05 Å². The van der Waals surface area contributed by atoms with Crippen LogP contribution in [0, 0.1) is 6.92 Å². The molecule has 0 saturated heterocycles. The Balaban J connectivity index is 1.37. The number of ether oxygens (including phenoxy) is 2. The molecule has 0 fully saturated rings. The molecule has 4 aromatic rings. The third-order valence-corrected chi connectivity index (χ3v) is 5.61. The van der Waals surface area contributed by atoms with Gasteiger partial charge in [-0.3, -0.25) is 4.79 Å². The number of benzene rings is 3. The van der Waals surface area contributed by atoms with Gasteiger partial charge in [0, 0.05) is 35.8 Å². The van der Waals surface area contributed by atoms with E-state index in [2.05, 4.69) is 16.7 Å². The molecule has 0 bridgehead atoms. The Hall–Kier alpha value is -4.05. The second kappa shape index (κ2) is 8.23. The van der Waals surface area contributed by atoms with Crippen molar-refractivity contribution in [1.29, 1.82) is 0 Å². The zero-order chi connectivity index (χ0) is 22.1. The monoisotopic (exact) mass is 421 g/mol. The predicted molar refractivity (Wildman–Crippen MR) is 128 cm³/mol. The van der Waals surface area contributed by atoms with Crippen molar-refractivity contribution in [2.24, 2.45) is 7.05 Å². The lowest BCUT2D eigenvalue weighted by atomic mass is 10.0. The first kappa shape index (κ1) is 19.9. The van der Waals surface area contributed by atoms with Crippen LogP contribution in [0.15, 0.2) is 84.8 Å². The molecule has 1 aromatic heterocycles. The van der Waals surface area contributed by atoms with E-state index in [1.54, 1.807) is 6.07 Å². The van der Waals surface area contributed by atoms with Crippen molar-refractivity contribution in [3.05, 3.63) is 107 Å². The molecule has 2 heterocycles. The Morgan fingerprint density at radius 1 is 1.03 bits per heavy atom. The number of ketones is 1. The molecule has 0 amide bonds. The van der Waals surface area contributed by atoms with Crippen molar-refractivity contribution in [2.45, 2.75) is 6.92 Å². The molecule has 0 spiro atoms. The fourth-order valence-electron chi connectivity index (χ4n) is 4.08. The quantitative estimate of drug-likeness (QED) is 0.361. The standard InChI is InChI=1S/C28H23NO3/c1-19-15-22(31-14-8-11-20-9-4-3-5-10-20)17-25-27(19)28(30)26(32-25)16-21-18-29(2)24-13-7-6-12-23(21)24/h3-13,15-18H,14H2,1-2H3/b11-8+,26-16-. The van der Waals surface area contributed by atoms with Gasteiger partial charge >= 0.3 is 0 Å². The molecule has 32 heavy (non-hydrogen) atoms. The van der Waals surface area contributed by atoms with E-state index in [0.717, 1.165) is 27.6 Å². The Bertz CT molecular complexity index is 1380. The van der Waals surface area contributed by atoms with Crippen LogP contribution in [-0.4, -0.2) is 17.0 Å². The summed E-state index contributed by atoms with van der Waals surface area (Å²) in [5.74, 6) is 1.46. The van der Waals surface area contributed by atoms with E-state index in [9.17, 15) is 4.79 Å². The van der Waals surface area contributed by atoms with E-state index in [1.807, 2.05) is 86.9 Å². The van der Waals surface area contributed by atoms with Gasteiger partial charge in [-0.25, -0.2) is 0 Å². The van der Waals surface area contributed by atoms with Crippen LogP contribution >= 0.6 is 0 Å². The Labute approximate surface area is 187 Å². The smallest absolute Gasteiger partial charge is 0.232 e. The summed E-state index contributed by atoms with van der Waals surface area (Å²) in [4.78, 5) is 13.0. The van der Waals surface area contributed by atoms with Crippen molar-refractivity contribution in [2.75, 3.05) is 6.61 Å². The lowest BCUT2D eigenvalue weighted by molar-refractivity contribution is 0.101. The second-order valence-electron chi connectivity index (χ2n) is 7.89. The number of hydrogen-bond donors (Lipinski definition) is 0. The Morgan fingerprint density at radius 2 is 1.81 bits per heavy atom. The topological polar surface area (TPSA) is 40.5 Å². The molecule has 0 unspecified atom stereocenters. The molecule has 4 heteroatoms. The maximum absolute atomic E-state index is 13.0. The molecular weight excluding hydrogens is 398 g/mol. The summed E-state index contributed by atoms with van der Waals surface area (Å²) in [5.41, 5.74) is 4.63. The number of carbonyl (C=O) groups is 1. The number of para-hydroxylation sites is 1. The fourth-order valence-corrected chi connectivity index (χ4v) is 4.08. The highest BCUT2D eigenvalue weighted by Gasteiger charge is 2.30. The van der Waals surface area contributed by atoms with Crippen LogP contribution in [0.5, 0.6) is 11.5 Å². The van der Waals surface area contributed by atoms with Gasteiger partial charge in [-0.2, -0.15) is 0 Å². The highest BCUT2D eigenvalue weighted by Crippen LogP contribution is 2.38. The minimum absolute atomic E-state index is 0.0963. The number of carbonyl (C=O) groups excluding carboxylic acids is 1. The Kier molecular flexibility index (Phi) is 5.12. The number of allylic oxidation sites excluding steroid dienone is 1. The summed E-state index contributed by atoms with van der Waals surface area (Å²) in [7, 11) is 2.00. The number of hydrogen-bond acceptors (Lipinski definition) is 3. The number of aromatic nitrogens is 1. The van der Waals surface area contributed by atoms with Crippen molar-refractivity contribution < 1.29 is 14.3 Å². The molecule has 158 valence electrons. The van der Waals surface area contributed by atoms with E-state index < -0.39 is 0 Å². The summed E-state index contributed by atoms with van der Waals surface area (Å²) < 4.78 is 13.9. The van der Waals surface area contributed by atoms with Gasteiger partial charge in [-0.1, -0.05) is 54.6 Å². The van der Waals surface area contributed by atoms with Gasteiger partial charge in [-0.05, 0) is 42.3 Å². The number of fused-ring (bicyclic) bond motifs is 2. The van der Waals surface area contributed by atoms with Crippen molar-refractivity contribution in [3.63, 3.8) is 0 Å². The van der Waals surface area contributed by atoms with Gasteiger partial charge < -0.3 is 14.0 Å². The molecular formula is C28H23NO3. The van der Waals surface area contributed by atoms with Crippen molar-refractivity contribution in [1.82, 2.24) is 4.57 Å². The summed E-state index contributed by atoms with van der Waals surface area (Å²) in [6, 6.07) is 21.9. The molecule has 0 N–H and O–H groups in total. The summed E-state index contributed by atoms with van der Waals surface area (Å²) >= 11 is 0. The maximum Gasteiger partial charge on any atom is 0.232 e. The number of rotatable bonds is 5. The molecule has 0 radical (unpaired) electrons. The highest BCUT2D eigenvalue weighted by molar-refractivity contribution is 6.16. The second-order valence-corrected chi connectivity index (χ2v) is 7.89. The largest absolute Gasteiger partial charge is 0.489 e. The number of aryl methyl sites for hydroxylation is 2. The van der Waals surface area contributed by atoms with E-state index >= 15 is 0 Å². The zero-order valence-corrected chi connectivity index (χ0v) is 18.0. The molecule has 4 nitrogen and oxygen atoms in total. The van der Waals surface area contributed by atoms with E-state index in [4.69, 9.17) is 9.47 Å². The normalized spacial score (nSPS) is 14.3. The molecule has 0 aliphatic carbocycles. The summed E-state index contributed by atoms with van der Waals surface area (Å²) in [6.45, 7) is 2.34. The zero-order valence-electron chi connectivity index (χ0n) is 18.0. The van der Waals surface area contributed by atoms with Crippen LogP contribution in [0.1, 0.15) is 27.0 Å². The maximum atomic E-state index is 13.0. The van der Waals surface area contributed by atoms with Crippen molar-refractivity contribution in [3.8, 4) is 11.5 Å². The highest BCUT2D eigenvalue weighted by atomic mass is 16.5. The van der Waals surface area contributed by atoms with Gasteiger partial charge in [0.2, 0.25) is 5.78 Å². The lowest BCUT2D eigenvalue weighted by Gasteiger charge is -2.07. The van der Waals surface area contributed by atoms with Gasteiger partial charge in [0.15, 0.2) is 5.76 Å². The minimum Gasteiger partial charge on any atom is -0.489 e. The number of nitrogens with zero attached hydrogens (tertiary/aromatic N) is 1. The molecule has 0 saturated carbocycles. The molecule has 5 rings (SSSR count). The summed E-state index contributed by atoms with van der Waals surface area (Å²) in [5, 5.41) is 1.08. The average molecular weight is 421 g/mol. The first-order valence-electron chi connectivity index (χ1n) is 10.6. The minimum atomic E-state index is -0.0963. The van der Waals surface area contributed by atoms with Gasteiger partial charge in [0.05, 0.1) is 5.56 Å². The van der Waals surface area contributed by atoms with Crippen LogP contribution in [0.4, 0.5) is 0 Å². The molecule has 1 aliphatic rings. The van der Waals surface area contributed by atoms with Crippen molar-refractivity contribution >= 4 is 28.8 Å². The summed E-state index contributed by atoms with van der Waals surface area (Å²) in [6.07, 6.45) is 7.83. The third kappa shape index (κ3) is 3.71. The fraction of sp³-hybridized carbons (Fsp3) is 0.107. The van der Waals surface area contributed by atoms with E-state index in [-0.39, 0.29) is 5.78 Å². The predicted octanol–water partition coefficient (Wildman–Crippen LogP) is 6.20. The van der Waals surface area contributed by atoms with Crippen LogP contribution in [0.25, 0.3) is 23.1 Å². The SMILES string of the molecule is Cc1cc(OC/C=C/c2ccccc2)cc2c1C(=O)/C(=C/c1cn(C)c3ccccc13)O2. The first-order chi connectivity index (χ1) is 15.6. The van der Waals surface area contributed by atoms with Crippen LogP contribution in [0.3, 0.4) is 0 Å². The third-order valence-electron chi connectivity index (χ3n) is 5.61. The average Bonchev–Trinajstić information content (AvgIpc) is 3.29. The van der Waals surface area contributed by atoms with Crippen LogP contribution in [0.2, 0.25) is 0 Å². The van der Waals surface area contributed by atoms with Crippen LogP contribution < -0.4 is 9.47 Å². The molecule has 1 aliphatic heterocycles. The number of Topliss-reactive ketones (excluding diaryl/α,β-unsaturated/α-hetero) is 1. The lowest BCUT2D eigenvalue weighted by Crippen LogP contribution is -2.00. The van der Waals surface area contributed by atoms with Gasteiger partial charge in [0.1, 0.15) is 18.1 Å². The molecule has 0 atom stereocenters. The van der Waals surface area contributed by atoms with Gasteiger partial charge in [-0.15, -0.1) is 0 Å². The Morgan fingerprint density at radius 3 is 2.66 bits per heavy atom. The van der Waals surface area contributed by atoms with E-state index in [0.29, 0.717) is 29.4 Å².